The quantitative estimate of drug-likeness (QED) is 0.825. The number of fused-ring (bicyclic) bond motifs is 1. The molecule has 1 aliphatic heterocycles. The minimum Gasteiger partial charge on any atom is -0.497 e. The number of carbonyl (C=O) groups excluding carboxylic acids is 1. The molecule has 0 unspecified atom stereocenters. The number of methoxy groups -OCH3 is 1. The van der Waals surface area contributed by atoms with E-state index in [1.807, 2.05) is 24.3 Å². The lowest BCUT2D eigenvalue weighted by molar-refractivity contribution is 0.0390. The maximum atomic E-state index is 12.7. The molecule has 3 nitrogen and oxygen atoms in total. The van der Waals surface area contributed by atoms with E-state index in [4.69, 9.17) is 4.74 Å². The predicted molar refractivity (Wildman–Crippen MR) is 79.0 cm³/mol. The Labute approximate surface area is 120 Å². The summed E-state index contributed by atoms with van der Waals surface area (Å²) in [5.41, 5.74) is 0.789. The van der Waals surface area contributed by atoms with Gasteiger partial charge >= 0.3 is 0 Å². The van der Waals surface area contributed by atoms with Gasteiger partial charge in [0.05, 0.1) is 7.11 Å². The van der Waals surface area contributed by atoms with Gasteiger partial charge in [-0.2, -0.15) is 0 Å². The summed E-state index contributed by atoms with van der Waals surface area (Å²) in [4.78, 5) is 14.9. The standard InChI is InChI=1S/C17H23NO2/c1-20-15-10-8-14(9-11-15)17(19)18-12-4-6-13-5-2-3-7-16(13)18/h8-11,13,16H,2-7,12H2,1H3/t13-,16-/m1/s1. The van der Waals surface area contributed by atoms with Crippen LogP contribution < -0.4 is 4.74 Å². The first kappa shape index (κ1) is 13.5. The van der Waals surface area contributed by atoms with Crippen molar-refractivity contribution in [2.75, 3.05) is 13.7 Å². The highest BCUT2D eigenvalue weighted by Crippen LogP contribution is 2.35. The van der Waals surface area contributed by atoms with Crippen LogP contribution in [0.4, 0.5) is 0 Å². The van der Waals surface area contributed by atoms with Gasteiger partial charge in [-0.1, -0.05) is 12.8 Å². The number of benzene rings is 1. The van der Waals surface area contributed by atoms with E-state index in [1.165, 1.54) is 32.1 Å². The molecule has 20 heavy (non-hydrogen) atoms. The number of rotatable bonds is 2. The number of nitrogens with zero attached hydrogens (tertiary/aromatic N) is 1. The molecule has 0 spiro atoms. The van der Waals surface area contributed by atoms with Crippen molar-refractivity contribution >= 4 is 5.91 Å². The highest BCUT2D eigenvalue weighted by atomic mass is 16.5. The molecule has 1 aliphatic carbocycles. The molecule has 2 fully saturated rings. The van der Waals surface area contributed by atoms with E-state index >= 15 is 0 Å². The summed E-state index contributed by atoms with van der Waals surface area (Å²) in [6.07, 6.45) is 7.56. The van der Waals surface area contributed by atoms with Crippen molar-refractivity contribution < 1.29 is 9.53 Å². The Morgan fingerprint density at radius 2 is 1.80 bits per heavy atom. The molecule has 1 saturated carbocycles. The molecule has 1 aromatic carbocycles. The number of hydrogen-bond acceptors (Lipinski definition) is 2. The van der Waals surface area contributed by atoms with Crippen LogP contribution in [0.3, 0.4) is 0 Å². The lowest BCUT2D eigenvalue weighted by Gasteiger charge is -2.44. The van der Waals surface area contributed by atoms with Crippen LogP contribution in [-0.4, -0.2) is 30.5 Å². The third-order valence-corrected chi connectivity index (χ3v) is 4.84. The van der Waals surface area contributed by atoms with E-state index in [0.29, 0.717) is 6.04 Å². The molecule has 0 bridgehead atoms. The zero-order valence-electron chi connectivity index (χ0n) is 12.2. The first-order valence-corrected chi connectivity index (χ1v) is 7.74. The molecule has 2 atom stereocenters. The largest absolute Gasteiger partial charge is 0.497 e. The first-order valence-electron chi connectivity index (χ1n) is 7.74. The minimum atomic E-state index is 0.198. The fourth-order valence-corrected chi connectivity index (χ4v) is 3.78. The molecule has 2 aliphatic rings. The van der Waals surface area contributed by atoms with Crippen LogP contribution in [0.2, 0.25) is 0 Å². The van der Waals surface area contributed by atoms with Crippen molar-refractivity contribution in [2.24, 2.45) is 5.92 Å². The molecule has 1 heterocycles. The Kier molecular flexibility index (Phi) is 3.95. The maximum Gasteiger partial charge on any atom is 0.254 e. The van der Waals surface area contributed by atoms with E-state index < -0.39 is 0 Å². The number of hydrogen-bond donors (Lipinski definition) is 0. The normalized spacial score (nSPS) is 25.9. The van der Waals surface area contributed by atoms with Crippen molar-refractivity contribution in [1.29, 1.82) is 0 Å². The first-order chi connectivity index (χ1) is 9.79. The molecule has 1 aromatic rings. The Morgan fingerprint density at radius 3 is 2.55 bits per heavy atom. The zero-order chi connectivity index (χ0) is 13.9. The summed E-state index contributed by atoms with van der Waals surface area (Å²) < 4.78 is 5.16. The van der Waals surface area contributed by atoms with Gasteiger partial charge in [-0.25, -0.2) is 0 Å². The number of piperidine rings is 1. The summed E-state index contributed by atoms with van der Waals surface area (Å²) in [6.45, 7) is 0.923. The predicted octanol–water partition coefficient (Wildman–Crippen LogP) is 3.49. The second-order valence-electron chi connectivity index (χ2n) is 5.98. The molecule has 0 N–H and O–H groups in total. The van der Waals surface area contributed by atoms with Gasteiger partial charge in [0.1, 0.15) is 5.75 Å². The van der Waals surface area contributed by atoms with Crippen molar-refractivity contribution in [3.05, 3.63) is 29.8 Å². The van der Waals surface area contributed by atoms with Crippen LogP contribution in [-0.2, 0) is 0 Å². The van der Waals surface area contributed by atoms with Crippen molar-refractivity contribution in [3.63, 3.8) is 0 Å². The van der Waals surface area contributed by atoms with Crippen LogP contribution in [0, 0.1) is 5.92 Å². The maximum absolute atomic E-state index is 12.7. The third kappa shape index (κ3) is 2.54. The van der Waals surface area contributed by atoms with Crippen molar-refractivity contribution in [1.82, 2.24) is 4.90 Å². The lowest BCUT2D eigenvalue weighted by Crippen LogP contribution is -2.49. The third-order valence-electron chi connectivity index (χ3n) is 4.84. The van der Waals surface area contributed by atoms with Crippen LogP contribution in [0.25, 0.3) is 0 Å². The summed E-state index contributed by atoms with van der Waals surface area (Å²) >= 11 is 0. The Hall–Kier alpha value is -1.51. The molecule has 0 radical (unpaired) electrons. The van der Waals surface area contributed by atoms with Crippen molar-refractivity contribution in [3.8, 4) is 5.75 Å². The minimum absolute atomic E-state index is 0.198. The zero-order valence-corrected chi connectivity index (χ0v) is 12.2. The van der Waals surface area contributed by atoms with Crippen molar-refractivity contribution in [2.45, 2.75) is 44.6 Å². The monoisotopic (exact) mass is 273 g/mol. The average Bonchev–Trinajstić information content (AvgIpc) is 2.54. The Balaban J connectivity index is 1.77. The van der Waals surface area contributed by atoms with E-state index in [0.717, 1.165) is 30.2 Å². The SMILES string of the molecule is COc1ccc(C(=O)N2CCC[C@H]3CCCC[C@H]32)cc1. The number of amides is 1. The molecule has 3 rings (SSSR count). The van der Waals surface area contributed by atoms with E-state index in [-0.39, 0.29) is 5.91 Å². The lowest BCUT2D eigenvalue weighted by atomic mass is 9.78. The Morgan fingerprint density at radius 1 is 1.10 bits per heavy atom. The van der Waals surface area contributed by atoms with E-state index in [2.05, 4.69) is 4.90 Å². The van der Waals surface area contributed by atoms with Gasteiger partial charge in [-0.15, -0.1) is 0 Å². The topological polar surface area (TPSA) is 29.5 Å². The second kappa shape index (κ2) is 5.86. The summed E-state index contributed by atoms with van der Waals surface area (Å²) in [7, 11) is 1.65. The summed E-state index contributed by atoms with van der Waals surface area (Å²) in [6, 6.07) is 7.99. The summed E-state index contributed by atoms with van der Waals surface area (Å²) in [5.74, 6) is 1.74. The Bertz CT molecular complexity index is 466. The second-order valence-corrected chi connectivity index (χ2v) is 5.98. The fourth-order valence-electron chi connectivity index (χ4n) is 3.78. The van der Waals surface area contributed by atoms with Gasteiger partial charge in [-0.05, 0) is 55.9 Å². The van der Waals surface area contributed by atoms with Gasteiger partial charge in [0, 0.05) is 18.2 Å². The molecule has 0 aromatic heterocycles. The molecular formula is C17H23NO2. The van der Waals surface area contributed by atoms with Gasteiger partial charge < -0.3 is 9.64 Å². The highest BCUT2D eigenvalue weighted by Gasteiger charge is 2.35. The molecule has 3 heteroatoms. The highest BCUT2D eigenvalue weighted by molar-refractivity contribution is 5.94. The van der Waals surface area contributed by atoms with Crippen LogP contribution in [0.5, 0.6) is 5.75 Å². The number of likely N-dealkylation sites (tertiary alicyclic amines) is 1. The van der Waals surface area contributed by atoms with Crippen LogP contribution in [0.1, 0.15) is 48.9 Å². The van der Waals surface area contributed by atoms with Crippen LogP contribution in [0.15, 0.2) is 24.3 Å². The molecule has 1 saturated heterocycles. The van der Waals surface area contributed by atoms with Gasteiger partial charge in [0.25, 0.3) is 5.91 Å². The average molecular weight is 273 g/mol. The van der Waals surface area contributed by atoms with Crippen LogP contribution >= 0.6 is 0 Å². The van der Waals surface area contributed by atoms with Gasteiger partial charge in [0.2, 0.25) is 0 Å². The molecular weight excluding hydrogens is 250 g/mol. The smallest absolute Gasteiger partial charge is 0.254 e. The van der Waals surface area contributed by atoms with Gasteiger partial charge in [0.15, 0.2) is 0 Å². The fraction of sp³-hybridized carbons (Fsp3) is 0.588. The van der Waals surface area contributed by atoms with E-state index in [9.17, 15) is 4.79 Å². The van der Waals surface area contributed by atoms with E-state index in [1.54, 1.807) is 7.11 Å². The molecule has 108 valence electrons. The number of carbonyl (C=O) groups is 1. The van der Waals surface area contributed by atoms with Gasteiger partial charge in [-0.3, -0.25) is 4.79 Å². The number of ether oxygens (including phenoxy) is 1. The molecule has 1 amide bonds. The summed E-state index contributed by atoms with van der Waals surface area (Å²) in [5, 5.41) is 0.